The maximum atomic E-state index is 13.6. The van der Waals surface area contributed by atoms with E-state index in [2.05, 4.69) is 20.9 Å². The molecule has 0 saturated carbocycles. The maximum Gasteiger partial charge on any atom is 0.255 e. The number of rotatable bonds is 5. The average molecular weight is 608 g/mol. The number of nitrogens with one attached hydrogen (secondary N) is 3. The van der Waals surface area contributed by atoms with Crippen molar-refractivity contribution in [2.75, 3.05) is 13.6 Å². The summed E-state index contributed by atoms with van der Waals surface area (Å²) in [5.74, 6) is -1.89. The number of carbonyl (C=O) groups is 4. The quantitative estimate of drug-likeness (QED) is 0.326. The molecule has 228 valence electrons. The largest absolute Gasteiger partial charge is 0.507 e. The molecule has 11 nitrogen and oxygen atoms in total. The van der Waals surface area contributed by atoms with Gasteiger partial charge in [-0.25, -0.2) is 4.98 Å². The third kappa shape index (κ3) is 7.89. The second-order valence-electron chi connectivity index (χ2n) is 11.0. The van der Waals surface area contributed by atoms with Crippen molar-refractivity contribution in [1.82, 2.24) is 25.8 Å². The van der Waals surface area contributed by atoms with Gasteiger partial charge < -0.3 is 30.7 Å². The molecule has 0 unspecified atom stereocenters. The number of aromatic nitrogens is 1. The minimum absolute atomic E-state index is 0.0598. The molecule has 1 aromatic heterocycles. The van der Waals surface area contributed by atoms with E-state index in [9.17, 15) is 24.3 Å². The summed E-state index contributed by atoms with van der Waals surface area (Å²) in [7, 11) is 1.69. The van der Waals surface area contributed by atoms with Crippen molar-refractivity contribution in [2.45, 2.75) is 58.7 Å². The monoisotopic (exact) mass is 607 g/mol. The molecule has 2 aromatic carbocycles. The zero-order chi connectivity index (χ0) is 31.3. The van der Waals surface area contributed by atoms with Crippen LogP contribution in [0.1, 0.15) is 47.3 Å². The number of fused-ring (bicyclic) bond motifs is 11. The number of nitrogens with zero attached hydrogens (tertiary/aromatic N) is 2. The third-order valence-corrected chi connectivity index (χ3v) is 8.30. The number of hydrogen-bond acceptors (Lipinski definition) is 8. The van der Waals surface area contributed by atoms with Crippen molar-refractivity contribution < 1.29 is 29.0 Å². The SMILES string of the molecule is Cc1ncsc1CCN(C)C(=O)[C@H]1Cc2ccc(cc2)Oc2ccc(O)c(c2)C(=O)N[C@@H](C(C)C)C(=O)N[C@@H](C)C(=O)N1. The number of benzene rings is 2. The molecule has 0 spiro atoms. The predicted octanol–water partition coefficient (Wildman–Crippen LogP) is 2.95. The Morgan fingerprint density at radius 3 is 2.42 bits per heavy atom. The van der Waals surface area contributed by atoms with E-state index in [1.54, 1.807) is 55.6 Å². The van der Waals surface area contributed by atoms with Crippen LogP contribution in [0.5, 0.6) is 17.2 Å². The number of carbonyl (C=O) groups excluding carboxylic acids is 4. The molecule has 5 rings (SSSR count). The lowest BCUT2D eigenvalue weighted by Crippen LogP contribution is -2.57. The number of amides is 4. The fourth-order valence-electron chi connectivity index (χ4n) is 4.66. The first-order chi connectivity index (χ1) is 20.4. The van der Waals surface area contributed by atoms with Gasteiger partial charge in [-0.3, -0.25) is 19.2 Å². The number of hydrogen-bond donors (Lipinski definition) is 4. The molecule has 3 atom stereocenters. The molecule has 0 radical (unpaired) electrons. The summed E-state index contributed by atoms with van der Waals surface area (Å²) in [6.45, 7) is 7.39. The van der Waals surface area contributed by atoms with Crippen LogP contribution in [0.2, 0.25) is 0 Å². The molecule has 12 heteroatoms. The highest BCUT2D eigenvalue weighted by atomic mass is 32.1. The van der Waals surface area contributed by atoms with Gasteiger partial charge in [0.1, 0.15) is 35.4 Å². The lowest BCUT2D eigenvalue weighted by Gasteiger charge is -2.27. The van der Waals surface area contributed by atoms with Crippen molar-refractivity contribution >= 4 is 35.0 Å². The summed E-state index contributed by atoms with van der Waals surface area (Å²) < 4.78 is 5.92. The summed E-state index contributed by atoms with van der Waals surface area (Å²) in [6.07, 6.45) is 0.850. The number of likely N-dealkylation sites (N-methyl/N-ethyl adjacent to an activating group) is 1. The molecule has 0 aliphatic carbocycles. The van der Waals surface area contributed by atoms with Crippen LogP contribution in [0.15, 0.2) is 48.0 Å². The van der Waals surface area contributed by atoms with E-state index in [1.165, 1.54) is 36.5 Å². The van der Waals surface area contributed by atoms with Crippen LogP contribution >= 0.6 is 11.3 Å². The average Bonchev–Trinajstić information content (AvgIpc) is 3.39. The van der Waals surface area contributed by atoms with E-state index in [-0.39, 0.29) is 29.6 Å². The van der Waals surface area contributed by atoms with Crippen LogP contribution in [0.4, 0.5) is 0 Å². The van der Waals surface area contributed by atoms with Gasteiger partial charge in [0.15, 0.2) is 0 Å². The molecule has 2 aliphatic rings. The molecular weight excluding hydrogens is 570 g/mol. The molecule has 4 amide bonds. The summed E-state index contributed by atoms with van der Waals surface area (Å²) in [5.41, 5.74) is 3.43. The van der Waals surface area contributed by atoms with E-state index >= 15 is 0 Å². The minimum atomic E-state index is -1.00. The number of phenolic OH excluding ortho intramolecular Hbond substituents is 1. The maximum absolute atomic E-state index is 13.6. The molecule has 2 aliphatic heterocycles. The lowest BCUT2D eigenvalue weighted by atomic mass is 10.0. The van der Waals surface area contributed by atoms with Crippen LogP contribution < -0.4 is 20.7 Å². The van der Waals surface area contributed by atoms with Crippen LogP contribution in [-0.4, -0.2) is 70.3 Å². The first-order valence-electron chi connectivity index (χ1n) is 14.1. The Morgan fingerprint density at radius 2 is 1.77 bits per heavy atom. The van der Waals surface area contributed by atoms with Crippen molar-refractivity contribution in [3.8, 4) is 17.2 Å². The van der Waals surface area contributed by atoms with Crippen molar-refractivity contribution in [1.29, 1.82) is 0 Å². The number of aryl methyl sites for hydroxylation is 1. The van der Waals surface area contributed by atoms with Crippen molar-refractivity contribution in [3.63, 3.8) is 0 Å². The van der Waals surface area contributed by atoms with Crippen LogP contribution in [-0.2, 0) is 27.2 Å². The third-order valence-electron chi connectivity index (χ3n) is 7.31. The number of ether oxygens (including phenoxy) is 1. The Kier molecular flexibility index (Phi) is 10.0. The second kappa shape index (κ2) is 13.7. The van der Waals surface area contributed by atoms with Gasteiger partial charge in [-0.15, -0.1) is 11.3 Å². The molecule has 4 N–H and O–H groups in total. The lowest BCUT2D eigenvalue weighted by molar-refractivity contribution is -0.136. The number of aromatic hydroxyl groups is 1. The van der Waals surface area contributed by atoms with Crippen molar-refractivity contribution in [3.05, 3.63) is 69.7 Å². The zero-order valence-electron chi connectivity index (χ0n) is 24.8. The van der Waals surface area contributed by atoms with Gasteiger partial charge in [0.05, 0.1) is 16.8 Å². The Labute approximate surface area is 254 Å². The molecule has 3 aromatic rings. The van der Waals surface area contributed by atoms with Gasteiger partial charge in [-0.2, -0.15) is 0 Å². The summed E-state index contributed by atoms with van der Waals surface area (Å²) >= 11 is 1.54. The summed E-state index contributed by atoms with van der Waals surface area (Å²) in [4.78, 5) is 60.2. The van der Waals surface area contributed by atoms with Gasteiger partial charge in [0, 0.05) is 31.3 Å². The second-order valence-corrected chi connectivity index (χ2v) is 11.9. The van der Waals surface area contributed by atoms with Gasteiger partial charge in [0.25, 0.3) is 5.91 Å². The Morgan fingerprint density at radius 1 is 1.07 bits per heavy atom. The Bertz CT molecular complexity index is 1490. The van der Waals surface area contributed by atoms with E-state index < -0.39 is 35.8 Å². The molecule has 43 heavy (non-hydrogen) atoms. The normalized spacial score (nSPS) is 19.5. The first-order valence-corrected chi connectivity index (χ1v) is 15.0. The van der Waals surface area contributed by atoms with Gasteiger partial charge >= 0.3 is 0 Å². The van der Waals surface area contributed by atoms with Gasteiger partial charge in [0.2, 0.25) is 17.7 Å². The fraction of sp³-hybridized carbons (Fsp3) is 0.387. The topological polar surface area (TPSA) is 150 Å². The molecule has 3 heterocycles. The highest BCUT2D eigenvalue weighted by molar-refractivity contribution is 7.09. The standard InChI is InChI=1S/C31H37N5O6S/c1-17(2)27-30(40)33-19(4)28(38)34-24(31(41)36(5)13-12-26-18(3)32-16-43-26)14-20-6-8-21(9-7-20)42-22-10-11-25(37)23(15-22)29(39)35-27/h6-11,15-17,19,24,27,37H,12-14H2,1-5H3,(H,33,40)(H,34,38)(H,35,39)/t19-,24+,27-/m0/s1. The van der Waals surface area contributed by atoms with E-state index in [0.717, 1.165) is 16.1 Å². The van der Waals surface area contributed by atoms with Crippen LogP contribution in [0.25, 0.3) is 0 Å². The van der Waals surface area contributed by atoms with E-state index in [4.69, 9.17) is 4.74 Å². The van der Waals surface area contributed by atoms with E-state index in [0.29, 0.717) is 24.5 Å². The number of thiazole rings is 1. The molecule has 4 bridgehead atoms. The fourth-order valence-corrected chi connectivity index (χ4v) is 5.43. The van der Waals surface area contributed by atoms with Gasteiger partial charge in [-0.1, -0.05) is 26.0 Å². The zero-order valence-corrected chi connectivity index (χ0v) is 25.7. The highest BCUT2D eigenvalue weighted by Crippen LogP contribution is 2.28. The predicted molar refractivity (Wildman–Crippen MR) is 162 cm³/mol. The minimum Gasteiger partial charge on any atom is -0.507 e. The molecule has 0 saturated heterocycles. The highest BCUT2D eigenvalue weighted by Gasteiger charge is 2.31. The van der Waals surface area contributed by atoms with E-state index in [1.807, 2.05) is 6.92 Å². The smallest absolute Gasteiger partial charge is 0.255 e. The molecular formula is C31H37N5O6S. The van der Waals surface area contributed by atoms with Crippen LogP contribution in [0.3, 0.4) is 0 Å². The summed E-state index contributed by atoms with van der Waals surface area (Å²) in [5, 5.41) is 18.5. The number of phenols is 1. The van der Waals surface area contributed by atoms with Gasteiger partial charge in [-0.05, 0) is 55.7 Å². The Balaban J connectivity index is 1.63. The molecule has 0 fully saturated rings. The first kappa shape index (κ1) is 31.5. The van der Waals surface area contributed by atoms with Crippen LogP contribution in [0, 0.1) is 12.8 Å². The van der Waals surface area contributed by atoms with Crippen molar-refractivity contribution in [2.24, 2.45) is 5.92 Å². The Hall–Kier alpha value is -4.45. The summed E-state index contributed by atoms with van der Waals surface area (Å²) in [6, 6.07) is 8.39.